The van der Waals surface area contributed by atoms with Crippen molar-refractivity contribution in [3.63, 3.8) is 0 Å². The van der Waals surface area contributed by atoms with Crippen molar-refractivity contribution in [2.75, 3.05) is 15.1 Å². The van der Waals surface area contributed by atoms with Crippen molar-refractivity contribution in [3.05, 3.63) is 138 Å². The second kappa shape index (κ2) is 12.0. The van der Waals surface area contributed by atoms with Crippen LogP contribution in [0.25, 0.3) is 10.8 Å². The van der Waals surface area contributed by atoms with E-state index in [9.17, 15) is 28.7 Å². The van der Waals surface area contributed by atoms with E-state index >= 15 is 0 Å². The van der Waals surface area contributed by atoms with E-state index in [0.717, 1.165) is 33.8 Å². The summed E-state index contributed by atoms with van der Waals surface area (Å²) < 4.78 is 14.0. The predicted molar refractivity (Wildman–Crippen MR) is 201 cm³/mol. The lowest BCUT2D eigenvalue weighted by molar-refractivity contribution is -0.125. The number of benzene rings is 5. The minimum atomic E-state index is -2.18. The number of anilines is 4. The van der Waals surface area contributed by atoms with Gasteiger partial charge >= 0.3 is 0 Å². The Balaban J connectivity index is 1.16. The molecule has 6 atom stereocenters. The third-order valence-electron chi connectivity index (χ3n) is 11.3. The molecule has 5 aromatic rings. The highest BCUT2D eigenvalue weighted by Gasteiger charge is 2.77. The minimum absolute atomic E-state index is 0.0788. The fourth-order valence-corrected chi connectivity index (χ4v) is 9.86. The lowest BCUT2D eigenvalue weighted by Crippen LogP contribution is -2.60. The summed E-state index contributed by atoms with van der Waals surface area (Å²) in [5.74, 6) is -6.89. The van der Waals surface area contributed by atoms with Crippen LogP contribution < -0.4 is 15.1 Å². The first kappa shape index (κ1) is 33.3. The van der Waals surface area contributed by atoms with Crippen LogP contribution in [-0.2, 0) is 19.2 Å². The van der Waals surface area contributed by atoms with Crippen LogP contribution in [0.15, 0.2) is 127 Å². The number of phenolic OH excluding ortho intramolecular Hbond substituents is 1. The summed E-state index contributed by atoms with van der Waals surface area (Å²) in [6, 6.07) is 31.9. The van der Waals surface area contributed by atoms with E-state index in [-0.39, 0.29) is 35.7 Å². The van der Waals surface area contributed by atoms with Crippen molar-refractivity contribution in [2.45, 2.75) is 28.5 Å². The van der Waals surface area contributed by atoms with Gasteiger partial charge in [-0.05, 0) is 96.3 Å². The second-order valence-corrected chi connectivity index (χ2v) is 15.3. The van der Waals surface area contributed by atoms with Crippen molar-refractivity contribution < 1.29 is 28.7 Å². The zero-order valence-electron chi connectivity index (χ0n) is 27.9. The molecular weight excluding hydrogens is 716 g/mol. The lowest BCUT2D eigenvalue weighted by Gasteiger charge is -2.51. The number of hydrogen-bond donors (Lipinski definition) is 2. The first-order chi connectivity index (χ1) is 25.5. The molecule has 11 heteroatoms. The molecule has 0 radical (unpaired) electrons. The van der Waals surface area contributed by atoms with E-state index in [1.807, 2.05) is 48.5 Å². The number of para-hydroxylation sites is 1. The quantitative estimate of drug-likeness (QED) is 0.107. The summed E-state index contributed by atoms with van der Waals surface area (Å²) in [7, 11) is 0. The number of halogens is 3. The number of nitrogens with zero attached hydrogens (tertiary/aromatic N) is 2. The number of amides is 4. The number of nitrogens with one attached hydrogen (secondary N) is 1. The summed E-state index contributed by atoms with van der Waals surface area (Å²) in [6.45, 7) is 0. The summed E-state index contributed by atoms with van der Waals surface area (Å²) in [6.07, 6.45) is 1.76. The Hall–Kier alpha value is -5.51. The topological polar surface area (TPSA) is 107 Å². The molecular formula is C42H30Cl2FN3O5. The molecule has 9 rings (SSSR count). The van der Waals surface area contributed by atoms with E-state index in [2.05, 4.69) is 5.32 Å². The third kappa shape index (κ3) is 4.73. The molecule has 0 spiro atoms. The van der Waals surface area contributed by atoms with E-state index < -0.39 is 57.0 Å². The molecule has 0 aromatic heterocycles. The molecule has 2 saturated heterocycles. The highest BCUT2D eigenvalue weighted by atomic mass is 35.5. The van der Waals surface area contributed by atoms with Crippen LogP contribution in [0.1, 0.15) is 24.3 Å². The van der Waals surface area contributed by atoms with Crippen LogP contribution in [0, 0.1) is 23.6 Å². The number of fused-ring (bicyclic) bond motifs is 5. The van der Waals surface area contributed by atoms with Crippen molar-refractivity contribution >= 4 is 80.4 Å². The van der Waals surface area contributed by atoms with Gasteiger partial charge in [-0.15, -0.1) is 23.2 Å². The first-order valence-electron chi connectivity index (χ1n) is 17.3. The van der Waals surface area contributed by atoms with Gasteiger partial charge in [0.2, 0.25) is 11.8 Å². The second-order valence-electron chi connectivity index (χ2n) is 14.0. The summed E-state index contributed by atoms with van der Waals surface area (Å²) >= 11 is 15.1. The SMILES string of the molecule is O=C1C2CC=C3C(CC4(Cl)C(=O)N(c5ccc(F)cc5)C(=O)C4(Cl)C3c3c(O)ccc4ccccc34)C2C(=O)N1c1ccc(Nc2ccccc2)cc1. The molecule has 2 N–H and O–H groups in total. The number of rotatable bonds is 5. The van der Waals surface area contributed by atoms with Crippen molar-refractivity contribution in [1.82, 2.24) is 0 Å². The third-order valence-corrected chi connectivity index (χ3v) is 12.7. The number of allylic oxidation sites excluding steroid dienone is 2. The molecule has 8 nitrogen and oxygen atoms in total. The molecule has 4 aliphatic rings. The Morgan fingerprint density at radius 3 is 2.08 bits per heavy atom. The van der Waals surface area contributed by atoms with Crippen molar-refractivity contribution in [1.29, 1.82) is 0 Å². The molecule has 2 aliphatic carbocycles. The van der Waals surface area contributed by atoms with E-state index in [1.54, 1.807) is 42.5 Å². The van der Waals surface area contributed by atoms with E-state index in [1.165, 1.54) is 23.1 Å². The molecule has 2 aliphatic heterocycles. The van der Waals surface area contributed by atoms with Crippen LogP contribution in [0.5, 0.6) is 5.75 Å². The maximum absolute atomic E-state index is 14.7. The van der Waals surface area contributed by atoms with Crippen LogP contribution >= 0.6 is 23.2 Å². The van der Waals surface area contributed by atoms with Crippen LogP contribution in [0.3, 0.4) is 0 Å². The number of phenols is 1. The van der Waals surface area contributed by atoms with E-state index in [4.69, 9.17) is 23.2 Å². The monoisotopic (exact) mass is 745 g/mol. The van der Waals surface area contributed by atoms with Crippen LogP contribution in [0.2, 0.25) is 0 Å². The van der Waals surface area contributed by atoms with Gasteiger partial charge in [-0.2, -0.15) is 0 Å². The molecule has 6 unspecified atom stereocenters. The average Bonchev–Trinajstić information content (AvgIpc) is 3.50. The minimum Gasteiger partial charge on any atom is -0.508 e. The summed E-state index contributed by atoms with van der Waals surface area (Å²) in [5.41, 5.74) is 2.96. The van der Waals surface area contributed by atoms with Crippen LogP contribution in [0.4, 0.5) is 27.1 Å². The van der Waals surface area contributed by atoms with Gasteiger partial charge in [-0.25, -0.2) is 9.29 Å². The number of imide groups is 2. The lowest BCUT2D eigenvalue weighted by atomic mass is 9.56. The van der Waals surface area contributed by atoms with Crippen molar-refractivity contribution in [2.24, 2.45) is 17.8 Å². The van der Waals surface area contributed by atoms with Gasteiger partial charge in [-0.1, -0.05) is 60.2 Å². The standard InChI is InChI=1S/C42H30Cl2FN3O5/c43-41-22-32-30(19-20-31-34(32)38(51)47(37(31)50)27-17-13-26(14-18-27)46-25-7-2-1-3-8-25)36(35-29-9-5-4-6-23(29)10-21-33(35)49)42(41,44)40(53)48(39(41)52)28-15-11-24(45)12-16-28/h1-19,21,31-32,34,36,46,49H,20,22H2. The molecule has 0 bridgehead atoms. The number of aromatic hydroxyl groups is 1. The number of hydrogen-bond acceptors (Lipinski definition) is 6. The molecule has 264 valence electrons. The Morgan fingerprint density at radius 1 is 0.698 bits per heavy atom. The highest BCUT2D eigenvalue weighted by molar-refractivity contribution is 6.58. The van der Waals surface area contributed by atoms with Crippen LogP contribution in [-0.4, -0.2) is 38.5 Å². The van der Waals surface area contributed by atoms with Gasteiger partial charge in [0.25, 0.3) is 11.8 Å². The van der Waals surface area contributed by atoms with Gasteiger partial charge in [0, 0.05) is 22.9 Å². The fraction of sp³-hybridized carbons (Fsp3) is 0.190. The number of carbonyl (C=O) groups is 4. The maximum atomic E-state index is 14.7. The van der Waals surface area contributed by atoms with E-state index in [0.29, 0.717) is 16.6 Å². The zero-order valence-corrected chi connectivity index (χ0v) is 29.4. The Morgan fingerprint density at radius 2 is 1.34 bits per heavy atom. The highest BCUT2D eigenvalue weighted by Crippen LogP contribution is 2.67. The molecule has 4 amide bonds. The molecule has 3 fully saturated rings. The largest absolute Gasteiger partial charge is 0.508 e. The average molecular weight is 747 g/mol. The summed E-state index contributed by atoms with van der Waals surface area (Å²) in [5, 5.41) is 16.2. The summed E-state index contributed by atoms with van der Waals surface area (Å²) in [4.78, 5) is 55.8. The van der Waals surface area contributed by atoms with Gasteiger partial charge in [0.15, 0.2) is 9.75 Å². The van der Waals surface area contributed by atoms with Gasteiger partial charge in [0.1, 0.15) is 11.6 Å². The predicted octanol–water partition coefficient (Wildman–Crippen LogP) is 8.20. The molecule has 2 heterocycles. The number of carbonyl (C=O) groups excluding carboxylic acids is 4. The molecule has 53 heavy (non-hydrogen) atoms. The molecule has 5 aromatic carbocycles. The first-order valence-corrected chi connectivity index (χ1v) is 18.0. The Bertz CT molecular complexity index is 2410. The maximum Gasteiger partial charge on any atom is 0.258 e. The van der Waals surface area contributed by atoms with Crippen molar-refractivity contribution in [3.8, 4) is 5.75 Å². The normalized spacial score (nSPS) is 27.8. The smallest absolute Gasteiger partial charge is 0.258 e. The Labute approximate surface area is 313 Å². The molecule has 1 saturated carbocycles. The van der Waals surface area contributed by atoms with Gasteiger partial charge < -0.3 is 10.4 Å². The fourth-order valence-electron chi connectivity index (χ4n) is 8.94. The zero-order chi connectivity index (χ0) is 36.8. The Kier molecular flexibility index (Phi) is 7.56. The van der Waals surface area contributed by atoms with Gasteiger partial charge in [-0.3, -0.25) is 24.1 Å². The van der Waals surface area contributed by atoms with Gasteiger partial charge in [0.05, 0.1) is 23.2 Å². The number of alkyl halides is 2.